The standard InChI is InChI=1S/C13H28N2/c1-15(12-8-3-2-7-11-14)13-9-5-4-6-10-13/h13H,2-12,14H2,1H3. The molecule has 1 aliphatic carbocycles. The summed E-state index contributed by atoms with van der Waals surface area (Å²) in [7, 11) is 2.30. The molecule has 0 spiro atoms. The SMILES string of the molecule is CN(CCCCCCN)C1CCCCC1. The highest BCUT2D eigenvalue weighted by atomic mass is 15.1. The van der Waals surface area contributed by atoms with Crippen LogP contribution in [0.5, 0.6) is 0 Å². The van der Waals surface area contributed by atoms with Gasteiger partial charge in [-0.2, -0.15) is 0 Å². The lowest BCUT2D eigenvalue weighted by Crippen LogP contribution is -2.34. The monoisotopic (exact) mass is 212 g/mol. The van der Waals surface area contributed by atoms with Gasteiger partial charge in [-0.15, -0.1) is 0 Å². The van der Waals surface area contributed by atoms with Gasteiger partial charge in [0.25, 0.3) is 0 Å². The van der Waals surface area contributed by atoms with Crippen LogP contribution in [0, 0.1) is 0 Å². The van der Waals surface area contributed by atoms with Crippen molar-refractivity contribution in [3.8, 4) is 0 Å². The van der Waals surface area contributed by atoms with Gasteiger partial charge in [0.15, 0.2) is 0 Å². The van der Waals surface area contributed by atoms with Crippen LogP contribution in [0.4, 0.5) is 0 Å². The zero-order valence-electron chi connectivity index (χ0n) is 10.4. The highest BCUT2D eigenvalue weighted by molar-refractivity contribution is 4.73. The van der Waals surface area contributed by atoms with Crippen molar-refractivity contribution in [1.82, 2.24) is 4.90 Å². The van der Waals surface area contributed by atoms with E-state index in [2.05, 4.69) is 11.9 Å². The Kier molecular flexibility index (Phi) is 7.03. The molecule has 0 aromatic carbocycles. The summed E-state index contributed by atoms with van der Waals surface area (Å²) in [5, 5.41) is 0. The van der Waals surface area contributed by atoms with E-state index in [0.29, 0.717) is 0 Å². The summed E-state index contributed by atoms with van der Waals surface area (Å²) in [5.74, 6) is 0. The molecule has 0 atom stereocenters. The van der Waals surface area contributed by atoms with Crippen LogP contribution in [0.15, 0.2) is 0 Å². The maximum absolute atomic E-state index is 5.48. The summed E-state index contributed by atoms with van der Waals surface area (Å²) in [4.78, 5) is 2.58. The van der Waals surface area contributed by atoms with E-state index in [-0.39, 0.29) is 0 Å². The van der Waals surface area contributed by atoms with E-state index >= 15 is 0 Å². The van der Waals surface area contributed by atoms with Crippen molar-refractivity contribution < 1.29 is 0 Å². The van der Waals surface area contributed by atoms with Gasteiger partial charge in [-0.05, 0) is 45.8 Å². The van der Waals surface area contributed by atoms with E-state index in [9.17, 15) is 0 Å². The lowest BCUT2D eigenvalue weighted by molar-refractivity contribution is 0.188. The quantitative estimate of drug-likeness (QED) is 0.658. The van der Waals surface area contributed by atoms with Crippen molar-refractivity contribution in [2.75, 3.05) is 20.1 Å². The predicted octanol–water partition coefficient (Wildman–Crippen LogP) is 2.77. The lowest BCUT2D eigenvalue weighted by Gasteiger charge is -2.31. The van der Waals surface area contributed by atoms with Crippen molar-refractivity contribution >= 4 is 0 Å². The van der Waals surface area contributed by atoms with Gasteiger partial charge < -0.3 is 10.6 Å². The van der Waals surface area contributed by atoms with Crippen LogP contribution in [0.3, 0.4) is 0 Å². The summed E-state index contributed by atoms with van der Waals surface area (Å²) < 4.78 is 0. The Hall–Kier alpha value is -0.0800. The summed E-state index contributed by atoms with van der Waals surface area (Å²) in [6.45, 7) is 2.15. The summed E-state index contributed by atoms with van der Waals surface area (Å²) >= 11 is 0. The normalized spacial score (nSPS) is 18.6. The molecule has 0 unspecified atom stereocenters. The molecule has 0 amide bonds. The van der Waals surface area contributed by atoms with Crippen molar-refractivity contribution in [1.29, 1.82) is 0 Å². The molecule has 0 bridgehead atoms. The molecule has 0 heterocycles. The van der Waals surface area contributed by atoms with E-state index in [0.717, 1.165) is 12.6 Å². The minimum atomic E-state index is 0.860. The Bertz CT molecular complexity index is 141. The minimum absolute atomic E-state index is 0.860. The molecule has 0 aromatic rings. The van der Waals surface area contributed by atoms with Crippen LogP contribution in [-0.4, -0.2) is 31.1 Å². The minimum Gasteiger partial charge on any atom is -0.330 e. The second-order valence-corrected chi connectivity index (χ2v) is 4.98. The van der Waals surface area contributed by atoms with Crippen LogP contribution < -0.4 is 5.73 Å². The van der Waals surface area contributed by atoms with Gasteiger partial charge in [-0.1, -0.05) is 32.1 Å². The maximum atomic E-state index is 5.48. The van der Waals surface area contributed by atoms with Gasteiger partial charge in [0.2, 0.25) is 0 Å². The maximum Gasteiger partial charge on any atom is 0.00922 e. The molecule has 15 heavy (non-hydrogen) atoms. The highest BCUT2D eigenvalue weighted by Crippen LogP contribution is 2.21. The molecular weight excluding hydrogens is 184 g/mol. The molecule has 2 N–H and O–H groups in total. The second-order valence-electron chi connectivity index (χ2n) is 4.98. The van der Waals surface area contributed by atoms with Gasteiger partial charge in [0.05, 0.1) is 0 Å². The average molecular weight is 212 g/mol. The molecule has 2 heteroatoms. The summed E-state index contributed by atoms with van der Waals surface area (Å²) in [6.07, 6.45) is 12.4. The first-order valence-corrected chi connectivity index (χ1v) is 6.75. The van der Waals surface area contributed by atoms with Crippen molar-refractivity contribution in [2.24, 2.45) is 5.73 Å². The highest BCUT2D eigenvalue weighted by Gasteiger charge is 2.16. The van der Waals surface area contributed by atoms with E-state index in [1.165, 1.54) is 64.3 Å². The van der Waals surface area contributed by atoms with Crippen molar-refractivity contribution in [3.05, 3.63) is 0 Å². The van der Waals surface area contributed by atoms with Crippen LogP contribution in [0.25, 0.3) is 0 Å². The Morgan fingerprint density at radius 1 is 1.00 bits per heavy atom. The third kappa shape index (κ3) is 5.53. The van der Waals surface area contributed by atoms with E-state index in [1.807, 2.05) is 0 Å². The topological polar surface area (TPSA) is 29.3 Å². The van der Waals surface area contributed by atoms with Gasteiger partial charge in [0, 0.05) is 6.04 Å². The molecular formula is C13H28N2. The fourth-order valence-corrected chi connectivity index (χ4v) is 2.56. The number of rotatable bonds is 7. The average Bonchev–Trinajstić information content (AvgIpc) is 2.30. The predicted molar refractivity (Wildman–Crippen MR) is 67.0 cm³/mol. The zero-order valence-corrected chi connectivity index (χ0v) is 10.4. The summed E-state index contributed by atoms with van der Waals surface area (Å²) in [6, 6.07) is 0.883. The van der Waals surface area contributed by atoms with Gasteiger partial charge in [-0.3, -0.25) is 0 Å². The van der Waals surface area contributed by atoms with E-state index in [1.54, 1.807) is 0 Å². The van der Waals surface area contributed by atoms with Crippen molar-refractivity contribution in [2.45, 2.75) is 63.8 Å². The smallest absolute Gasteiger partial charge is 0.00922 e. The van der Waals surface area contributed by atoms with Crippen LogP contribution in [0.1, 0.15) is 57.8 Å². The first-order valence-electron chi connectivity index (χ1n) is 6.75. The Labute approximate surface area is 95.2 Å². The van der Waals surface area contributed by atoms with Gasteiger partial charge in [0.1, 0.15) is 0 Å². The summed E-state index contributed by atoms with van der Waals surface area (Å²) in [5.41, 5.74) is 5.48. The fraction of sp³-hybridized carbons (Fsp3) is 1.00. The van der Waals surface area contributed by atoms with Gasteiger partial charge in [-0.25, -0.2) is 0 Å². The van der Waals surface area contributed by atoms with E-state index < -0.39 is 0 Å². The number of nitrogens with two attached hydrogens (primary N) is 1. The Balaban J connectivity index is 1.99. The molecule has 0 aromatic heterocycles. The first-order chi connectivity index (χ1) is 7.34. The molecule has 1 rings (SSSR count). The van der Waals surface area contributed by atoms with Crippen LogP contribution >= 0.6 is 0 Å². The zero-order chi connectivity index (χ0) is 10.9. The molecule has 90 valence electrons. The molecule has 1 saturated carbocycles. The number of nitrogens with zero attached hydrogens (tertiary/aromatic N) is 1. The largest absolute Gasteiger partial charge is 0.330 e. The molecule has 0 saturated heterocycles. The Morgan fingerprint density at radius 2 is 1.67 bits per heavy atom. The fourth-order valence-electron chi connectivity index (χ4n) is 2.56. The van der Waals surface area contributed by atoms with Crippen LogP contribution in [0.2, 0.25) is 0 Å². The van der Waals surface area contributed by atoms with E-state index in [4.69, 9.17) is 5.73 Å². The third-order valence-corrected chi connectivity index (χ3v) is 3.66. The number of unbranched alkanes of at least 4 members (excludes halogenated alkanes) is 3. The number of hydrogen-bond acceptors (Lipinski definition) is 2. The van der Waals surface area contributed by atoms with Gasteiger partial charge >= 0.3 is 0 Å². The molecule has 1 fully saturated rings. The second kappa shape index (κ2) is 8.12. The van der Waals surface area contributed by atoms with Crippen molar-refractivity contribution in [3.63, 3.8) is 0 Å². The lowest BCUT2D eigenvalue weighted by atomic mass is 9.94. The third-order valence-electron chi connectivity index (χ3n) is 3.66. The number of hydrogen-bond donors (Lipinski definition) is 1. The molecule has 1 aliphatic rings. The van der Waals surface area contributed by atoms with Crippen LogP contribution in [-0.2, 0) is 0 Å². The molecule has 0 radical (unpaired) electrons. The molecule has 2 nitrogen and oxygen atoms in total. The molecule has 0 aliphatic heterocycles. The Morgan fingerprint density at radius 3 is 2.33 bits per heavy atom. The first kappa shape index (κ1) is 13.0.